The van der Waals surface area contributed by atoms with Crippen molar-refractivity contribution in [3.63, 3.8) is 0 Å². The fourth-order valence-corrected chi connectivity index (χ4v) is 9.62. The fourth-order valence-electron chi connectivity index (χ4n) is 9.62. The number of hydrogen-bond acceptors (Lipinski definition) is 2. The van der Waals surface area contributed by atoms with E-state index in [1.54, 1.807) is 0 Å². The Balaban J connectivity index is 0.00000608. The third-order valence-corrected chi connectivity index (χ3v) is 13.5. The first-order valence-corrected chi connectivity index (χ1v) is 24.4. The third-order valence-electron chi connectivity index (χ3n) is 13.5. The SMILES string of the molecule is CC(C)c1ccc(-c2[n-]c(/C=C3/C=CC(C(=C/c4ccccc4)/C(C)c4cc(C(C)C)ccc4-c4[n-]c(/C=C5/C=CC(/C=C/c6ccccc6)=N5)c5ccccc45)=N3)c3ccccc23)c(C(C)C)c1.[Cu+2]. The molecule has 2 aliphatic heterocycles. The summed E-state index contributed by atoms with van der Waals surface area (Å²) in [6, 6.07) is 52.0. The van der Waals surface area contributed by atoms with Crippen LogP contribution in [-0.2, 0) is 17.1 Å². The van der Waals surface area contributed by atoms with Gasteiger partial charge in [-0.2, -0.15) is 0 Å². The second-order valence-corrected chi connectivity index (χ2v) is 19.3. The Kier molecular flexibility index (Phi) is 14.1. The summed E-state index contributed by atoms with van der Waals surface area (Å²) in [4.78, 5) is 21.2. The number of fused-ring (bicyclic) bond motifs is 2. The summed E-state index contributed by atoms with van der Waals surface area (Å²) in [5, 5.41) is 4.51. The Labute approximate surface area is 424 Å². The molecular formula is C65H58CuN4. The average molecular weight is 959 g/mol. The van der Waals surface area contributed by atoms with Crippen LogP contribution in [0, 0.1) is 0 Å². The summed E-state index contributed by atoms with van der Waals surface area (Å²) in [7, 11) is 0. The van der Waals surface area contributed by atoms with Gasteiger partial charge in [-0.1, -0.05) is 212 Å². The number of allylic oxidation sites excluding steroid dienone is 6. The van der Waals surface area contributed by atoms with E-state index in [1.807, 2.05) is 18.2 Å². The number of aliphatic imine (C=N–C) groups is 2. The van der Waals surface area contributed by atoms with Gasteiger partial charge in [0.05, 0.1) is 22.8 Å². The minimum absolute atomic E-state index is 0. The fraction of sp³-hybridized carbons (Fsp3) is 0.169. The molecule has 4 nitrogen and oxygen atoms in total. The predicted molar refractivity (Wildman–Crippen MR) is 295 cm³/mol. The molecule has 0 spiro atoms. The van der Waals surface area contributed by atoms with Gasteiger partial charge < -0.3 is 9.97 Å². The quantitative estimate of drug-likeness (QED) is 0.108. The van der Waals surface area contributed by atoms with E-state index in [9.17, 15) is 0 Å². The van der Waals surface area contributed by atoms with Crippen LogP contribution in [0.15, 0.2) is 203 Å². The number of hydrogen-bond donors (Lipinski definition) is 0. The van der Waals surface area contributed by atoms with Crippen molar-refractivity contribution >= 4 is 57.3 Å². The Hall–Kier alpha value is -7.30. The molecule has 2 aliphatic rings. The van der Waals surface area contributed by atoms with E-state index in [-0.39, 0.29) is 23.0 Å². The number of nitrogens with zero attached hydrogens (tertiary/aromatic N) is 4. The Bertz CT molecular complexity index is 3470. The maximum absolute atomic E-state index is 5.46. The Morgan fingerprint density at radius 3 is 1.50 bits per heavy atom. The molecule has 70 heavy (non-hydrogen) atoms. The number of aromatic nitrogens is 2. The van der Waals surface area contributed by atoms with Crippen molar-refractivity contribution < 1.29 is 17.1 Å². The molecule has 5 heteroatoms. The van der Waals surface area contributed by atoms with E-state index in [4.69, 9.17) is 20.0 Å². The molecule has 349 valence electrons. The van der Waals surface area contributed by atoms with E-state index in [0.29, 0.717) is 17.8 Å². The average Bonchev–Trinajstić information content (AvgIpc) is 4.19. The van der Waals surface area contributed by atoms with Gasteiger partial charge in [-0.3, -0.25) is 0 Å². The molecule has 0 aliphatic carbocycles. The van der Waals surface area contributed by atoms with E-state index in [1.165, 1.54) is 27.8 Å². The van der Waals surface area contributed by atoms with Crippen molar-refractivity contribution in [1.29, 1.82) is 0 Å². The molecule has 0 saturated heterocycles. The summed E-state index contributed by atoms with van der Waals surface area (Å²) < 4.78 is 0. The molecule has 0 N–H and O–H groups in total. The topological polar surface area (TPSA) is 52.9 Å². The molecule has 6 aromatic carbocycles. The van der Waals surface area contributed by atoms with Crippen LogP contribution in [0.3, 0.4) is 0 Å². The summed E-state index contributed by atoms with van der Waals surface area (Å²) in [6.07, 6.45) is 19.2. The minimum atomic E-state index is -0.0482. The van der Waals surface area contributed by atoms with Gasteiger partial charge in [-0.15, -0.1) is 22.8 Å². The van der Waals surface area contributed by atoms with Crippen molar-refractivity contribution in [3.05, 3.63) is 238 Å². The molecule has 0 saturated carbocycles. The van der Waals surface area contributed by atoms with Crippen molar-refractivity contribution in [3.8, 4) is 22.5 Å². The zero-order valence-corrected chi connectivity index (χ0v) is 41.9. The standard InChI is InChI=1S/C65H58N4.Cu/c1-41(2)47-27-33-56(58(37-47)43(5)6)64-54-24-16-14-22-52(54)63(68-64)40-51-32-35-61(67-51)60(36-46-20-12-9-13-21-46)44(7)59-38-48(42(3)4)28-34-57(59)65-55-25-17-15-23-53(55)62(69-65)39-50-31-30-49(66-50)29-26-45-18-10-8-11-19-45;/h8-44H,1-7H3;/q-2;+2/b29-26+,50-39-,51-40-,60-36+;. The molecule has 0 bridgehead atoms. The monoisotopic (exact) mass is 957 g/mol. The van der Waals surface area contributed by atoms with Crippen molar-refractivity contribution in [1.82, 2.24) is 9.97 Å². The first-order chi connectivity index (χ1) is 33.6. The molecule has 0 fully saturated rings. The number of rotatable bonds is 13. The van der Waals surface area contributed by atoms with Crippen LogP contribution in [0.25, 0.3) is 68.4 Å². The zero-order valence-electron chi connectivity index (χ0n) is 41.0. The first-order valence-electron chi connectivity index (χ1n) is 24.4. The van der Waals surface area contributed by atoms with E-state index < -0.39 is 0 Å². The van der Waals surface area contributed by atoms with Crippen molar-refractivity contribution in [2.45, 2.75) is 72.1 Å². The normalized spacial score (nSPS) is 15.4. The molecular weight excluding hydrogens is 900 g/mol. The van der Waals surface area contributed by atoms with Gasteiger partial charge in [-0.05, 0) is 126 Å². The van der Waals surface area contributed by atoms with Gasteiger partial charge in [0.15, 0.2) is 0 Å². The predicted octanol–water partition coefficient (Wildman–Crippen LogP) is 16.9. The molecule has 1 atom stereocenters. The molecule has 1 unspecified atom stereocenters. The van der Waals surface area contributed by atoms with E-state index >= 15 is 0 Å². The van der Waals surface area contributed by atoms with Gasteiger partial charge in [0.2, 0.25) is 0 Å². The molecule has 4 heterocycles. The van der Waals surface area contributed by atoms with Crippen LogP contribution in [0.2, 0.25) is 0 Å². The molecule has 2 aromatic heterocycles. The smallest absolute Gasteiger partial charge is 0.656 e. The van der Waals surface area contributed by atoms with Gasteiger partial charge in [-0.25, -0.2) is 9.98 Å². The van der Waals surface area contributed by atoms with Crippen LogP contribution >= 0.6 is 0 Å². The van der Waals surface area contributed by atoms with Gasteiger partial charge in [0.1, 0.15) is 0 Å². The van der Waals surface area contributed by atoms with Crippen LogP contribution in [0.5, 0.6) is 0 Å². The van der Waals surface area contributed by atoms with Crippen LogP contribution < -0.4 is 9.97 Å². The largest absolute Gasteiger partial charge is 2.00 e. The summed E-state index contributed by atoms with van der Waals surface area (Å²) in [5.41, 5.74) is 18.3. The molecule has 8 aromatic rings. The van der Waals surface area contributed by atoms with E-state index in [2.05, 4.69) is 231 Å². The van der Waals surface area contributed by atoms with Gasteiger partial charge in [0, 0.05) is 5.92 Å². The van der Waals surface area contributed by atoms with Gasteiger partial charge in [0.25, 0.3) is 0 Å². The number of benzene rings is 6. The van der Waals surface area contributed by atoms with Crippen LogP contribution in [-0.4, -0.2) is 11.4 Å². The maximum Gasteiger partial charge on any atom is 2.00 e. The maximum atomic E-state index is 5.46. The molecule has 10 rings (SSSR count). The molecule has 1 radical (unpaired) electrons. The first kappa shape index (κ1) is 47.8. The van der Waals surface area contributed by atoms with Crippen molar-refractivity contribution in [2.75, 3.05) is 0 Å². The summed E-state index contributed by atoms with van der Waals surface area (Å²) in [6.45, 7) is 15.9. The van der Waals surface area contributed by atoms with Crippen LogP contribution in [0.4, 0.5) is 0 Å². The zero-order chi connectivity index (χ0) is 47.6. The summed E-state index contributed by atoms with van der Waals surface area (Å²) >= 11 is 0. The second-order valence-electron chi connectivity index (χ2n) is 19.3. The van der Waals surface area contributed by atoms with Gasteiger partial charge >= 0.3 is 17.1 Å². The van der Waals surface area contributed by atoms with Crippen molar-refractivity contribution in [2.24, 2.45) is 9.98 Å². The Morgan fingerprint density at radius 1 is 0.457 bits per heavy atom. The van der Waals surface area contributed by atoms with E-state index in [0.717, 1.165) is 89.4 Å². The molecule has 0 amide bonds. The second kappa shape index (κ2) is 20.7. The Morgan fingerprint density at radius 2 is 0.943 bits per heavy atom. The van der Waals surface area contributed by atoms with Crippen LogP contribution in [0.1, 0.15) is 117 Å². The minimum Gasteiger partial charge on any atom is -0.656 e. The summed E-state index contributed by atoms with van der Waals surface area (Å²) in [5.74, 6) is 1.11. The third kappa shape index (κ3) is 9.92.